The maximum Gasteiger partial charge on any atom is 0.165 e. The molecule has 86 valence electrons. The van der Waals surface area contributed by atoms with Crippen LogP contribution in [-0.4, -0.2) is 6.61 Å². The van der Waals surface area contributed by atoms with E-state index < -0.39 is 0 Å². The van der Waals surface area contributed by atoms with Crippen molar-refractivity contribution in [3.63, 3.8) is 0 Å². The fourth-order valence-electron chi connectivity index (χ4n) is 1.96. The second-order valence-corrected chi connectivity index (χ2v) is 5.46. The van der Waals surface area contributed by atoms with Crippen LogP contribution in [0.15, 0.2) is 18.2 Å². The predicted octanol–water partition coefficient (Wildman–Crippen LogP) is 3.67. The van der Waals surface area contributed by atoms with Gasteiger partial charge in [0.25, 0.3) is 0 Å². The van der Waals surface area contributed by atoms with Gasteiger partial charge in [0.05, 0.1) is 6.61 Å². The molecule has 0 unspecified atom stereocenters. The lowest BCUT2D eigenvalue weighted by atomic mass is 9.98. The molecule has 1 nitrogen and oxygen atoms in total. The molecule has 2 fully saturated rings. The zero-order valence-electron chi connectivity index (χ0n) is 9.63. The Morgan fingerprint density at radius 2 is 2.12 bits per heavy atom. The van der Waals surface area contributed by atoms with E-state index in [9.17, 15) is 4.39 Å². The highest BCUT2D eigenvalue weighted by molar-refractivity contribution is 5.37. The lowest BCUT2D eigenvalue weighted by Crippen LogP contribution is -2.04. The summed E-state index contributed by atoms with van der Waals surface area (Å²) in [7, 11) is 0. The smallest absolute Gasteiger partial charge is 0.165 e. The molecule has 16 heavy (non-hydrogen) atoms. The van der Waals surface area contributed by atoms with E-state index in [1.807, 2.05) is 12.1 Å². The molecule has 0 amide bonds. The maximum absolute atomic E-state index is 13.5. The second-order valence-electron chi connectivity index (χ2n) is 5.46. The molecule has 1 aromatic carbocycles. The lowest BCUT2D eigenvalue weighted by Gasteiger charge is -2.12. The van der Waals surface area contributed by atoms with Crippen molar-refractivity contribution in [3.8, 4) is 5.75 Å². The van der Waals surface area contributed by atoms with Gasteiger partial charge in [0.2, 0.25) is 0 Å². The molecule has 2 aliphatic rings. The van der Waals surface area contributed by atoms with E-state index in [1.54, 1.807) is 6.07 Å². The summed E-state index contributed by atoms with van der Waals surface area (Å²) in [5.41, 5.74) is 1.51. The van der Waals surface area contributed by atoms with Gasteiger partial charge in [-0.05, 0) is 54.7 Å². The quantitative estimate of drug-likeness (QED) is 0.752. The van der Waals surface area contributed by atoms with E-state index >= 15 is 0 Å². The fraction of sp³-hybridized carbons (Fsp3) is 0.571. The molecular formula is C14H17FO. The summed E-state index contributed by atoms with van der Waals surface area (Å²) in [6, 6.07) is 5.33. The molecule has 0 heterocycles. The van der Waals surface area contributed by atoms with Crippen molar-refractivity contribution in [2.45, 2.75) is 38.0 Å². The van der Waals surface area contributed by atoms with Gasteiger partial charge in [0, 0.05) is 0 Å². The Balaban J connectivity index is 1.78. The van der Waals surface area contributed by atoms with Crippen LogP contribution in [0.3, 0.4) is 0 Å². The standard InChI is InChI=1S/C14H17FO/c1-14(6-7-14)11-4-5-12(15)13(8-11)16-9-10-2-3-10/h4-5,8,10H,2-3,6-7,9H2,1H3. The van der Waals surface area contributed by atoms with Crippen LogP contribution in [0.4, 0.5) is 4.39 Å². The van der Waals surface area contributed by atoms with Crippen LogP contribution in [0, 0.1) is 11.7 Å². The van der Waals surface area contributed by atoms with Crippen molar-refractivity contribution in [1.82, 2.24) is 0 Å². The van der Waals surface area contributed by atoms with Gasteiger partial charge in [-0.3, -0.25) is 0 Å². The number of hydrogen-bond donors (Lipinski definition) is 0. The molecule has 0 atom stereocenters. The van der Waals surface area contributed by atoms with Crippen LogP contribution in [-0.2, 0) is 5.41 Å². The normalized spacial score (nSPS) is 21.9. The van der Waals surface area contributed by atoms with Crippen LogP contribution in [0.25, 0.3) is 0 Å². The molecule has 3 rings (SSSR count). The van der Waals surface area contributed by atoms with E-state index in [4.69, 9.17) is 4.74 Å². The van der Waals surface area contributed by atoms with Gasteiger partial charge in [-0.15, -0.1) is 0 Å². The minimum absolute atomic E-state index is 0.228. The SMILES string of the molecule is CC1(c2ccc(F)c(OCC3CC3)c2)CC1. The minimum Gasteiger partial charge on any atom is -0.490 e. The second kappa shape index (κ2) is 3.47. The zero-order chi connectivity index (χ0) is 11.2. The average Bonchev–Trinajstić information content (AvgIpc) is 3.14. The van der Waals surface area contributed by atoms with E-state index in [2.05, 4.69) is 6.92 Å². The third kappa shape index (κ3) is 1.93. The summed E-state index contributed by atoms with van der Waals surface area (Å²) >= 11 is 0. The topological polar surface area (TPSA) is 9.23 Å². The fourth-order valence-corrected chi connectivity index (χ4v) is 1.96. The van der Waals surface area contributed by atoms with Crippen molar-refractivity contribution in [1.29, 1.82) is 0 Å². The first-order valence-corrected chi connectivity index (χ1v) is 6.10. The Hall–Kier alpha value is -1.05. The highest BCUT2D eigenvalue weighted by Crippen LogP contribution is 2.48. The summed E-state index contributed by atoms with van der Waals surface area (Å²) in [4.78, 5) is 0. The van der Waals surface area contributed by atoms with Crippen molar-refractivity contribution < 1.29 is 9.13 Å². The number of benzene rings is 1. The monoisotopic (exact) mass is 220 g/mol. The Morgan fingerprint density at radius 3 is 2.75 bits per heavy atom. The van der Waals surface area contributed by atoms with Gasteiger partial charge in [0.1, 0.15) is 0 Å². The van der Waals surface area contributed by atoms with E-state index in [0.717, 1.165) is 0 Å². The van der Waals surface area contributed by atoms with Gasteiger partial charge < -0.3 is 4.74 Å². The number of halogens is 1. The van der Waals surface area contributed by atoms with Crippen LogP contribution < -0.4 is 4.74 Å². The van der Waals surface area contributed by atoms with Crippen molar-refractivity contribution >= 4 is 0 Å². The molecule has 0 spiro atoms. The van der Waals surface area contributed by atoms with Crippen molar-refractivity contribution in [3.05, 3.63) is 29.6 Å². The van der Waals surface area contributed by atoms with E-state index in [0.29, 0.717) is 18.3 Å². The Morgan fingerprint density at radius 1 is 1.38 bits per heavy atom. The molecule has 0 radical (unpaired) electrons. The number of hydrogen-bond acceptors (Lipinski definition) is 1. The minimum atomic E-state index is -0.228. The summed E-state index contributed by atoms with van der Waals surface area (Å²) in [6.45, 7) is 2.90. The summed E-state index contributed by atoms with van der Waals surface area (Å²) in [5.74, 6) is 0.880. The van der Waals surface area contributed by atoms with Gasteiger partial charge in [0.15, 0.2) is 11.6 Å². The molecule has 0 aliphatic heterocycles. The van der Waals surface area contributed by atoms with Gasteiger partial charge in [-0.1, -0.05) is 13.0 Å². The maximum atomic E-state index is 13.5. The third-order valence-electron chi connectivity index (χ3n) is 3.80. The van der Waals surface area contributed by atoms with Crippen LogP contribution in [0.5, 0.6) is 5.75 Å². The van der Waals surface area contributed by atoms with E-state index in [1.165, 1.54) is 31.2 Å². The van der Waals surface area contributed by atoms with E-state index in [-0.39, 0.29) is 11.2 Å². The first-order chi connectivity index (χ1) is 7.67. The summed E-state index contributed by atoms with van der Waals surface area (Å²) in [6.07, 6.45) is 4.89. The first kappa shape index (κ1) is 10.1. The van der Waals surface area contributed by atoms with Crippen LogP contribution in [0.2, 0.25) is 0 Å². The zero-order valence-corrected chi connectivity index (χ0v) is 9.63. The summed E-state index contributed by atoms with van der Waals surface area (Å²) < 4.78 is 19.1. The van der Waals surface area contributed by atoms with Crippen LogP contribution in [0.1, 0.15) is 38.2 Å². The summed E-state index contributed by atoms with van der Waals surface area (Å²) in [5, 5.41) is 0. The molecule has 0 saturated heterocycles. The highest BCUT2D eigenvalue weighted by atomic mass is 19.1. The van der Waals surface area contributed by atoms with Crippen LogP contribution >= 0.6 is 0 Å². The molecule has 1 aromatic rings. The number of rotatable bonds is 4. The largest absolute Gasteiger partial charge is 0.490 e. The molecule has 2 aliphatic carbocycles. The first-order valence-electron chi connectivity index (χ1n) is 6.10. The lowest BCUT2D eigenvalue weighted by molar-refractivity contribution is 0.285. The van der Waals surface area contributed by atoms with Gasteiger partial charge >= 0.3 is 0 Å². The van der Waals surface area contributed by atoms with Gasteiger partial charge in [-0.2, -0.15) is 0 Å². The highest BCUT2D eigenvalue weighted by Gasteiger charge is 2.39. The predicted molar refractivity (Wildman–Crippen MR) is 61.2 cm³/mol. The Labute approximate surface area is 95.6 Å². The molecule has 2 heteroatoms. The number of ether oxygens (including phenoxy) is 1. The average molecular weight is 220 g/mol. The molecule has 0 N–H and O–H groups in total. The Kier molecular flexibility index (Phi) is 2.20. The van der Waals surface area contributed by atoms with Crippen molar-refractivity contribution in [2.75, 3.05) is 6.61 Å². The Bertz CT molecular complexity index is 405. The third-order valence-corrected chi connectivity index (χ3v) is 3.80. The molecular weight excluding hydrogens is 203 g/mol. The molecule has 2 saturated carbocycles. The molecule has 0 bridgehead atoms. The van der Waals surface area contributed by atoms with Crippen molar-refractivity contribution in [2.24, 2.45) is 5.92 Å². The molecule has 0 aromatic heterocycles. The van der Waals surface area contributed by atoms with Gasteiger partial charge in [-0.25, -0.2) is 4.39 Å².